The number of furan rings is 1. The molecule has 0 fully saturated rings. The average Bonchev–Trinajstić information content (AvgIpc) is 2.67. The van der Waals surface area contributed by atoms with E-state index in [2.05, 4.69) is 4.84 Å². The van der Waals surface area contributed by atoms with Crippen LogP contribution in [0.2, 0.25) is 0 Å². The molecule has 1 aromatic carbocycles. The van der Waals surface area contributed by atoms with Gasteiger partial charge in [-0.05, 0) is 31.0 Å². The molecule has 0 spiro atoms. The van der Waals surface area contributed by atoms with Gasteiger partial charge < -0.3 is 14.0 Å². The molecule has 2 aromatic rings. The highest BCUT2D eigenvalue weighted by Crippen LogP contribution is 2.31. The molecule has 1 aromatic heterocycles. The largest absolute Gasteiger partial charge is 0.493 e. The van der Waals surface area contributed by atoms with E-state index >= 15 is 0 Å². The number of ether oxygens (including phenoxy) is 1. The monoisotopic (exact) mass is 221 g/mol. The van der Waals surface area contributed by atoms with E-state index in [1.54, 1.807) is 7.11 Å². The summed E-state index contributed by atoms with van der Waals surface area (Å²) >= 11 is 0. The number of fused-ring (bicyclic) bond motifs is 1. The van der Waals surface area contributed by atoms with E-state index < -0.39 is 0 Å². The maximum atomic E-state index is 5.61. The highest BCUT2D eigenvalue weighted by atomic mass is 16.6. The Bertz CT molecular complexity index is 490. The van der Waals surface area contributed by atoms with Gasteiger partial charge in [-0.2, -0.15) is 0 Å². The summed E-state index contributed by atoms with van der Waals surface area (Å²) in [6.45, 7) is 2.41. The molecule has 2 N–H and O–H groups in total. The van der Waals surface area contributed by atoms with Crippen molar-refractivity contribution in [2.75, 3.05) is 13.7 Å². The minimum Gasteiger partial charge on any atom is -0.493 e. The molecule has 1 heterocycles. The van der Waals surface area contributed by atoms with Crippen molar-refractivity contribution in [3.8, 4) is 5.75 Å². The molecule has 0 radical (unpaired) electrons. The van der Waals surface area contributed by atoms with Gasteiger partial charge in [0, 0.05) is 5.39 Å². The van der Waals surface area contributed by atoms with Gasteiger partial charge in [-0.25, -0.2) is 5.90 Å². The van der Waals surface area contributed by atoms with Crippen LogP contribution in [0.3, 0.4) is 0 Å². The molecule has 0 amide bonds. The molecule has 0 aliphatic rings. The molecule has 16 heavy (non-hydrogen) atoms. The molecule has 0 unspecified atom stereocenters. The third-order valence-electron chi connectivity index (χ3n) is 2.57. The second-order valence-electron chi connectivity index (χ2n) is 3.65. The Kier molecular flexibility index (Phi) is 3.12. The molecule has 0 saturated carbocycles. The number of benzene rings is 1. The lowest BCUT2D eigenvalue weighted by Crippen LogP contribution is -2.03. The Labute approximate surface area is 93.9 Å². The predicted octanol–water partition coefficient (Wildman–Crippen LogP) is 2.18. The number of methoxy groups -OCH3 is 1. The van der Waals surface area contributed by atoms with Gasteiger partial charge in [0.05, 0.1) is 13.7 Å². The van der Waals surface area contributed by atoms with Crippen molar-refractivity contribution in [2.45, 2.75) is 13.3 Å². The van der Waals surface area contributed by atoms with E-state index in [1.165, 1.54) is 0 Å². The van der Waals surface area contributed by atoms with Crippen molar-refractivity contribution < 1.29 is 14.0 Å². The number of nitrogens with two attached hydrogens (primary N) is 1. The van der Waals surface area contributed by atoms with Gasteiger partial charge in [0.15, 0.2) is 11.3 Å². The Morgan fingerprint density at radius 1 is 1.38 bits per heavy atom. The van der Waals surface area contributed by atoms with Gasteiger partial charge >= 0.3 is 0 Å². The highest BCUT2D eigenvalue weighted by Gasteiger charge is 2.10. The standard InChI is InChI=1S/C12H15NO3/c1-8-7-10-9(5-6-15-13)3-4-11(14-2)12(10)16-8/h3-4,7H,5-6,13H2,1-2H3. The molecule has 0 atom stereocenters. The first-order valence-corrected chi connectivity index (χ1v) is 5.14. The van der Waals surface area contributed by atoms with Crippen LogP contribution < -0.4 is 10.6 Å². The van der Waals surface area contributed by atoms with E-state index in [9.17, 15) is 0 Å². The molecule has 4 heteroatoms. The van der Waals surface area contributed by atoms with Crippen molar-refractivity contribution in [1.29, 1.82) is 0 Å². The van der Waals surface area contributed by atoms with E-state index in [-0.39, 0.29) is 0 Å². The zero-order valence-corrected chi connectivity index (χ0v) is 9.45. The third-order valence-corrected chi connectivity index (χ3v) is 2.57. The second-order valence-corrected chi connectivity index (χ2v) is 3.65. The molecule has 0 aliphatic heterocycles. The van der Waals surface area contributed by atoms with Gasteiger partial charge in [-0.15, -0.1) is 0 Å². The van der Waals surface area contributed by atoms with Gasteiger partial charge in [-0.1, -0.05) is 6.07 Å². The minimum atomic E-state index is 0.492. The van der Waals surface area contributed by atoms with Crippen LogP contribution in [0.15, 0.2) is 22.6 Å². The predicted molar refractivity (Wildman–Crippen MR) is 61.3 cm³/mol. The topological polar surface area (TPSA) is 57.6 Å². The van der Waals surface area contributed by atoms with Crippen molar-refractivity contribution in [2.24, 2.45) is 5.90 Å². The highest BCUT2D eigenvalue weighted by molar-refractivity contribution is 5.87. The molecule has 0 bridgehead atoms. The Hall–Kier alpha value is -1.52. The fourth-order valence-electron chi connectivity index (χ4n) is 1.83. The number of hydrogen-bond acceptors (Lipinski definition) is 4. The molecule has 86 valence electrons. The summed E-state index contributed by atoms with van der Waals surface area (Å²) in [6.07, 6.45) is 0.760. The number of aryl methyl sites for hydroxylation is 1. The van der Waals surface area contributed by atoms with Gasteiger partial charge in [0.25, 0.3) is 0 Å². The van der Waals surface area contributed by atoms with Crippen LogP contribution in [0.1, 0.15) is 11.3 Å². The number of rotatable bonds is 4. The summed E-state index contributed by atoms with van der Waals surface area (Å²) in [5, 5.41) is 1.06. The summed E-state index contributed by atoms with van der Waals surface area (Å²) < 4.78 is 10.9. The zero-order chi connectivity index (χ0) is 11.5. The summed E-state index contributed by atoms with van der Waals surface area (Å²) in [7, 11) is 1.63. The first kappa shape index (κ1) is 11.0. The fraction of sp³-hybridized carbons (Fsp3) is 0.333. The Balaban J connectivity index is 2.51. The SMILES string of the molecule is COc1ccc(CCON)c2cc(C)oc12. The summed E-state index contributed by atoms with van der Waals surface area (Å²) in [5.74, 6) is 6.65. The van der Waals surface area contributed by atoms with Crippen LogP contribution in [0, 0.1) is 6.92 Å². The first-order chi connectivity index (χ1) is 7.76. The molecular weight excluding hydrogens is 206 g/mol. The van der Waals surface area contributed by atoms with E-state index in [4.69, 9.17) is 15.1 Å². The maximum absolute atomic E-state index is 5.61. The van der Waals surface area contributed by atoms with Crippen molar-refractivity contribution in [3.05, 3.63) is 29.5 Å². The van der Waals surface area contributed by atoms with Gasteiger partial charge in [-0.3, -0.25) is 0 Å². The van der Waals surface area contributed by atoms with E-state index in [0.29, 0.717) is 6.61 Å². The lowest BCUT2D eigenvalue weighted by atomic mass is 10.1. The van der Waals surface area contributed by atoms with Crippen molar-refractivity contribution >= 4 is 11.0 Å². The van der Waals surface area contributed by atoms with Crippen LogP contribution in [0.5, 0.6) is 5.75 Å². The molecule has 2 rings (SSSR count). The quantitative estimate of drug-likeness (QED) is 0.804. The van der Waals surface area contributed by atoms with Crippen molar-refractivity contribution in [1.82, 2.24) is 0 Å². The van der Waals surface area contributed by atoms with Crippen molar-refractivity contribution in [3.63, 3.8) is 0 Å². The van der Waals surface area contributed by atoms with E-state index in [0.717, 1.165) is 34.5 Å². The minimum absolute atomic E-state index is 0.492. The fourth-order valence-corrected chi connectivity index (χ4v) is 1.83. The van der Waals surface area contributed by atoms with Gasteiger partial charge in [0.2, 0.25) is 0 Å². The smallest absolute Gasteiger partial charge is 0.176 e. The van der Waals surface area contributed by atoms with Crippen LogP contribution >= 0.6 is 0 Å². The Morgan fingerprint density at radius 2 is 2.19 bits per heavy atom. The molecule has 0 saturated heterocycles. The lowest BCUT2D eigenvalue weighted by molar-refractivity contribution is 0.141. The van der Waals surface area contributed by atoms with Crippen LogP contribution in [-0.4, -0.2) is 13.7 Å². The summed E-state index contributed by atoms with van der Waals surface area (Å²) in [6, 6.07) is 5.91. The molecular formula is C12H15NO3. The first-order valence-electron chi connectivity index (χ1n) is 5.14. The number of hydrogen-bond donors (Lipinski definition) is 1. The third kappa shape index (κ3) is 1.89. The van der Waals surface area contributed by atoms with Crippen LogP contribution in [0.25, 0.3) is 11.0 Å². The normalized spacial score (nSPS) is 10.9. The molecule has 4 nitrogen and oxygen atoms in total. The Morgan fingerprint density at radius 3 is 2.88 bits per heavy atom. The zero-order valence-electron chi connectivity index (χ0n) is 9.45. The second kappa shape index (κ2) is 4.55. The lowest BCUT2D eigenvalue weighted by Gasteiger charge is -2.05. The summed E-state index contributed by atoms with van der Waals surface area (Å²) in [5.41, 5.74) is 1.94. The maximum Gasteiger partial charge on any atom is 0.176 e. The average molecular weight is 221 g/mol. The van der Waals surface area contributed by atoms with Gasteiger partial charge in [0.1, 0.15) is 5.76 Å². The van der Waals surface area contributed by atoms with E-state index in [1.807, 2.05) is 25.1 Å². The molecule has 0 aliphatic carbocycles. The summed E-state index contributed by atoms with van der Waals surface area (Å²) in [4.78, 5) is 4.60. The van der Waals surface area contributed by atoms with Crippen LogP contribution in [-0.2, 0) is 11.3 Å². The van der Waals surface area contributed by atoms with Crippen LogP contribution in [0.4, 0.5) is 0 Å².